The molecule has 0 saturated heterocycles. The Kier molecular flexibility index (Phi) is 5.11. The van der Waals surface area contributed by atoms with Gasteiger partial charge in [-0.2, -0.15) is 0 Å². The number of thioether (sulfide) groups is 1. The molecule has 0 aromatic carbocycles. The van der Waals surface area contributed by atoms with Crippen molar-refractivity contribution in [2.75, 3.05) is 5.75 Å². The average Bonchev–Trinajstić information content (AvgIpc) is 3.20. The number of hydrogen-bond donors (Lipinski definition) is 1. The van der Waals surface area contributed by atoms with Gasteiger partial charge in [-0.3, -0.25) is 4.79 Å². The average molecular weight is 309 g/mol. The summed E-state index contributed by atoms with van der Waals surface area (Å²) in [5, 5.41) is 15.1. The molecule has 2 aliphatic carbocycles. The zero-order valence-electron chi connectivity index (χ0n) is 12.3. The van der Waals surface area contributed by atoms with E-state index in [9.17, 15) is 4.79 Å². The second-order valence-corrected chi connectivity index (χ2v) is 7.01. The number of tetrazole rings is 1. The van der Waals surface area contributed by atoms with Gasteiger partial charge < -0.3 is 5.32 Å². The Labute approximate surface area is 129 Å². The van der Waals surface area contributed by atoms with Gasteiger partial charge in [0.25, 0.3) is 0 Å². The molecular formula is C14H23N5OS. The van der Waals surface area contributed by atoms with Crippen LogP contribution in [0.2, 0.25) is 0 Å². The van der Waals surface area contributed by atoms with Gasteiger partial charge in [0.05, 0.1) is 17.5 Å². The fourth-order valence-corrected chi connectivity index (χ4v) is 4.06. The van der Waals surface area contributed by atoms with Gasteiger partial charge in [-0.05, 0) is 36.1 Å². The molecule has 6 nitrogen and oxygen atoms in total. The largest absolute Gasteiger partial charge is 0.353 e. The van der Waals surface area contributed by atoms with Crippen molar-refractivity contribution in [2.24, 2.45) is 0 Å². The number of carbonyl (C=O) groups excluding carboxylic acids is 1. The van der Waals surface area contributed by atoms with Crippen molar-refractivity contribution in [1.29, 1.82) is 0 Å². The van der Waals surface area contributed by atoms with Crippen LogP contribution in [0.15, 0.2) is 0 Å². The molecule has 21 heavy (non-hydrogen) atoms. The molecule has 1 heterocycles. The Balaban J connectivity index is 1.42. The molecule has 2 fully saturated rings. The van der Waals surface area contributed by atoms with Crippen LogP contribution in [0.5, 0.6) is 0 Å². The van der Waals surface area contributed by atoms with Gasteiger partial charge in [-0.15, -0.1) is 16.9 Å². The lowest BCUT2D eigenvalue weighted by molar-refractivity contribution is -0.119. The second-order valence-electron chi connectivity index (χ2n) is 6.02. The van der Waals surface area contributed by atoms with Crippen molar-refractivity contribution in [2.45, 2.75) is 69.2 Å². The summed E-state index contributed by atoms with van der Waals surface area (Å²) in [6.45, 7) is 0. The standard InChI is InChI=1S/C14H23N5OS/c20-14(15-11-5-1-2-6-11)10-21-9-13-16-17-18-19(13)12-7-3-4-8-12/h11-12H,1-10H2,(H,15,20). The van der Waals surface area contributed by atoms with Crippen LogP contribution >= 0.6 is 11.8 Å². The number of amides is 1. The van der Waals surface area contributed by atoms with Crippen LogP contribution in [0.25, 0.3) is 0 Å². The maximum Gasteiger partial charge on any atom is 0.230 e. The van der Waals surface area contributed by atoms with E-state index in [4.69, 9.17) is 0 Å². The molecule has 1 aromatic rings. The first kappa shape index (κ1) is 14.8. The second kappa shape index (κ2) is 7.24. The van der Waals surface area contributed by atoms with E-state index in [0.29, 0.717) is 23.6 Å². The molecule has 7 heteroatoms. The van der Waals surface area contributed by atoms with Crippen molar-refractivity contribution in [3.05, 3.63) is 5.82 Å². The maximum atomic E-state index is 11.9. The first-order valence-electron chi connectivity index (χ1n) is 7.97. The number of nitrogens with zero attached hydrogens (tertiary/aromatic N) is 4. The highest BCUT2D eigenvalue weighted by Crippen LogP contribution is 2.29. The molecule has 2 saturated carbocycles. The molecule has 0 spiro atoms. The molecule has 2 aliphatic rings. The number of nitrogens with one attached hydrogen (secondary N) is 1. The summed E-state index contributed by atoms with van der Waals surface area (Å²) in [6, 6.07) is 0.866. The summed E-state index contributed by atoms with van der Waals surface area (Å²) in [5.41, 5.74) is 0. The minimum Gasteiger partial charge on any atom is -0.353 e. The van der Waals surface area contributed by atoms with Crippen molar-refractivity contribution in [3.63, 3.8) is 0 Å². The molecule has 0 aliphatic heterocycles. The van der Waals surface area contributed by atoms with Crippen molar-refractivity contribution < 1.29 is 4.79 Å². The van der Waals surface area contributed by atoms with Gasteiger partial charge in [0.2, 0.25) is 5.91 Å². The Hall–Kier alpha value is -1.11. The predicted octanol–water partition coefficient (Wildman–Crippen LogP) is 2.08. The zero-order valence-corrected chi connectivity index (χ0v) is 13.1. The van der Waals surface area contributed by atoms with Gasteiger partial charge in [-0.1, -0.05) is 25.7 Å². The maximum absolute atomic E-state index is 11.9. The fourth-order valence-electron chi connectivity index (χ4n) is 3.31. The summed E-state index contributed by atoms with van der Waals surface area (Å²) in [6.07, 6.45) is 9.63. The first-order valence-corrected chi connectivity index (χ1v) is 9.12. The highest BCUT2D eigenvalue weighted by Gasteiger charge is 2.21. The molecular weight excluding hydrogens is 286 g/mol. The zero-order chi connectivity index (χ0) is 14.5. The normalized spacial score (nSPS) is 20.2. The Morgan fingerprint density at radius 2 is 1.90 bits per heavy atom. The molecule has 3 rings (SSSR count). The van der Waals surface area contributed by atoms with Crippen LogP contribution in [0.1, 0.15) is 63.2 Å². The Bertz CT molecular complexity index is 466. The highest BCUT2D eigenvalue weighted by molar-refractivity contribution is 7.99. The molecule has 1 amide bonds. The van der Waals surface area contributed by atoms with E-state index in [1.54, 1.807) is 11.8 Å². The molecule has 0 unspecified atom stereocenters. The van der Waals surface area contributed by atoms with Crippen LogP contribution in [-0.4, -0.2) is 37.9 Å². The third-order valence-electron chi connectivity index (χ3n) is 4.42. The van der Waals surface area contributed by atoms with E-state index in [-0.39, 0.29) is 5.91 Å². The Morgan fingerprint density at radius 1 is 1.19 bits per heavy atom. The van der Waals surface area contributed by atoms with Crippen LogP contribution in [-0.2, 0) is 10.5 Å². The lowest BCUT2D eigenvalue weighted by atomic mass is 10.2. The number of carbonyl (C=O) groups is 1. The van der Waals surface area contributed by atoms with E-state index in [0.717, 1.165) is 18.7 Å². The molecule has 0 bridgehead atoms. The van der Waals surface area contributed by atoms with Crippen LogP contribution in [0, 0.1) is 0 Å². The summed E-state index contributed by atoms with van der Waals surface area (Å²) < 4.78 is 1.97. The highest BCUT2D eigenvalue weighted by atomic mass is 32.2. The molecule has 1 N–H and O–H groups in total. The SMILES string of the molecule is O=C(CSCc1nnnn1C1CCCC1)NC1CCCC1. The quantitative estimate of drug-likeness (QED) is 0.871. The van der Waals surface area contributed by atoms with Crippen molar-refractivity contribution in [3.8, 4) is 0 Å². The van der Waals surface area contributed by atoms with Gasteiger partial charge in [-0.25, -0.2) is 4.68 Å². The lowest BCUT2D eigenvalue weighted by Gasteiger charge is -2.12. The molecule has 116 valence electrons. The predicted molar refractivity (Wildman–Crippen MR) is 81.9 cm³/mol. The smallest absolute Gasteiger partial charge is 0.230 e. The van der Waals surface area contributed by atoms with Crippen molar-refractivity contribution in [1.82, 2.24) is 25.5 Å². The minimum absolute atomic E-state index is 0.145. The fraction of sp³-hybridized carbons (Fsp3) is 0.857. The first-order chi connectivity index (χ1) is 10.3. The van der Waals surface area contributed by atoms with E-state index >= 15 is 0 Å². The third kappa shape index (κ3) is 3.96. The number of hydrogen-bond acceptors (Lipinski definition) is 5. The number of aromatic nitrogens is 4. The van der Waals surface area contributed by atoms with Gasteiger partial charge in [0.1, 0.15) is 0 Å². The summed E-state index contributed by atoms with van der Waals surface area (Å²) >= 11 is 1.60. The molecule has 0 radical (unpaired) electrons. The van der Waals surface area contributed by atoms with Crippen molar-refractivity contribution >= 4 is 17.7 Å². The Morgan fingerprint density at radius 3 is 2.67 bits per heavy atom. The van der Waals surface area contributed by atoms with E-state index in [2.05, 4.69) is 20.8 Å². The van der Waals surface area contributed by atoms with Gasteiger partial charge in [0.15, 0.2) is 5.82 Å². The van der Waals surface area contributed by atoms with E-state index in [1.165, 1.54) is 38.5 Å². The minimum atomic E-state index is 0.145. The van der Waals surface area contributed by atoms with Crippen LogP contribution in [0.4, 0.5) is 0 Å². The van der Waals surface area contributed by atoms with E-state index in [1.807, 2.05) is 4.68 Å². The van der Waals surface area contributed by atoms with E-state index < -0.39 is 0 Å². The number of rotatable bonds is 6. The van der Waals surface area contributed by atoms with Gasteiger partial charge >= 0.3 is 0 Å². The summed E-state index contributed by atoms with van der Waals surface area (Å²) in [4.78, 5) is 11.9. The van der Waals surface area contributed by atoms with Crippen LogP contribution in [0.3, 0.4) is 0 Å². The monoisotopic (exact) mass is 309 g/mol. The lowest BCUT2D eigenvalue weighted by Crippen LogP contribution is -2.33. The summed E-state index contributed by atoms with van der Waals surface area (Å²) in [5.74, 6) is 2.25. The van der Waals surface area contributed by atoms with Gasteiger partial charge in [0, 0.05) is 6.04 Å². The topological polar surface area (TPSA) is 72.7 Å². The molecule has 1 aromatic heterocycles. The van der Waals surface area contributed by atoms with Crippen LogP contribution < -0.4 is 5.32 Å². The summed E-state index contributed by atoms with van der Waals surface area (Å²) in [7, 11) is 0. The molecule has 0 atom stereocenters. The third-order valence-corrected chi connectivity index (χ3v) is 5.34.